The van der Waals surface area contributed by atoms with Crippen molar-refractivity contribution < 1.29 is 14.6 Å². The van der Waals surface area contributed by atoms with E-state index in [2.05, 4.69) is 5.32 Å². The highest BCUT2D eigenvalue weighted by Crippen LogP contribution is 2.23. The standard InChI is InChI=1S/C16H18N2O3/c1-11-4-2-5-12(10-11)21-9-8-18-16(20)13-6-3-7-14(17)15(13)19/h2-7,10,19H,8-9,17H2,1H3,(H,18,20). The highest BCUT2D eigenvalue weighted by atomic mass is 16.5. The minimum atomic E-state index is -0.382. The average Bonchev–Trinajstić information content (AvgIpc) is 2.46. The van der Waals surface area contributed by atoms with Crippen LogP contribution in [0.3, 0.4) is 0 Å². The summed E-state index contributed by atoms with van der Waals surface area (Å²) in [7, 11) is 0. The fourth-order valence-electron chi connectivity index (χ4n) is 1.88. The molecule has 0 aromatic heterocycles. The monoisotopic (exact) mass is 286 g/mol. The van der Waals surface area contributed by atoms with Gasteiger partial charge in [-0.2, -0.15) is 0 Å². The van der Waals surface area contributed by atoms with Crippen LogP contribution in [-0.2, 0) is 0 Å². The Labute approximate surface area is 123 Å². The number of carbonyl (C=O) groups is 1. The van der Waals surface area contributed by atoms with Gasteiger partial charge in [0.1, 0.15) is 12.4 Å². The minimum absolute atomic E-state index is 0.158. The van der Waals surface area contributed by atoms with Gasteiger partial charge in [-0.15, -0.1) is 0 Å². The number of hydrogen-bond donors (Lipinski definition) is 3. The van der Waals surface area contributed by atoms with Crippen molar-refractivity contribution in [3.05, 3.63) is 53.6 Å². The number of hydrogen-bond acceptors (Lipinski definition) is 4. The topological polar surface area (TPSA) is 84.6 Å². The molecule has 1 amide bonds. The van der Waals surface area contributed by atoms with E-state index in [1.165, 1.54) is 12.1 Å². The Kier molecular flexibility index (Phi) is 4.66. The maximum Gasteiger partial charge on any atom is 0.255 e. The summed E-state index contributed by atoms with van der Waals surface area (Å²) in [6.07, 6.45) is 0. The van der Waals surface area contributed by atoms with Gasteiger partial charge in [0.05, 0.1) is 17.8 Å². The van der Waals surface area contributed by atoms with E-state index in [1.54, 1.807) is 6.07 Å². The summed E-state index contributed by atoms with van der Waals surface area (Å²) in [5, 5.41) is 12.4. The van der Waals surface area contributed by atoms with Crippen molar-refractivity contribution in [3.8, 4) is 11.5 Å². The maximum absolute atomic E-state index is 11.9. The second-order valence-corrected chi connectivity index (χ2v) is 4.66. The van der Waals surface area contributed by atoms with Crippen LogP contribution >= 0.6 is 0 Å². The fourth-order valence-corrected chi connectivity index (χ4v) is 1.88. The van der Waals surface area contributed by atoms with Crippen molar-refractivity contribution in [2.75, 3.05) is 18.9 Å². The van der Waals surface area contributed by atoms with E-state index < -0.39 is 0 Å². The lowest BCUT2D eigenvalue weighted by molar-refractivity contribution is 0.0944. The summed E-state index contributed by atoms with van der Waals surface area (Å²) < 4.78 is 5.53. The molecule has 0 aliphatic heterocycles. The number of phenolic OH excluding ortho intramolecular Hbond substituents is 1. The maximum atomic E-state index is 11.9. The zero-order valence-electron chi connectivity index (χ0n) is 11.8. The number of aromatic hydroxyl groups is 1. The summed E-state index contributed by atoms with van der Waals surface area (Å²) in [6.45, 7) is 2.66. The summed E-state index contributed by atoms with van der Waals surface area (Å²) in [5.74, 6) is 0.179. The van der Waals surface area contributed by atoms with Gasteiger partial charge in [0.2, 0.25) is 0 Å². The summed E-state index contributed by atoms with van der Waals surface area (Å²) >= 11 is 0. The number of rotatable bonds is 5. The average molecular weight is 286 g/mol. The lowest BCUT2D eigenvalue weighted by Gasteiger charge is -2.09. The molecule has 0 aliphatic carbocycles. The number of carbonyl (C=O) groups excluding carboxylic acids is 1. The van der Waals surface area contributed by atoms with Crippen LogP contribution in [0.15, 0.2) is 42.5 Å². The van der Waals surface area contributed by atoms with Gasteiger partial charge in [-0.25, -0.2) is 0 Å². The molecule has 5 nitrogen and oxygen atoms in total. The fraction of sp³-hybridized carbons (Fsp3) is 0.188. The van der Waals surface area contributed by atoms with Crippen LogP contribution in [-0.4, -0.2) is 24.2 Å². The molecule has 110 valence electrons. The number of ether oxygens (including phenoxy) is 1. The van der Waals surface area contributed by atoms with Crippen LogP contribution in [0.25, 0.3) is 0 Å². The Hall–Kier alpha value is -2.69. The molecule has 0 heterocycles. The third-order valence-electron chi connectivity index (χ3n) is 2.96. The minimum Gasteiger partial charge on any atom is -0.505 e. The second-order valence-electron chi connectivity index (χ2n) is 4.66. The van der Waals surface area contributed by atoms with Crippen LogP contribution in [0, 0.1) is 6.92 Å². The number of para-hydroxylation sites is 1. The normalized spacial score (nSPS) is 10.1. The van der Waals surface area contributed by atoms with E-state index in [9.17, 15) is 9.90 Å². The number of amides is 1. The van der Waals surface area contributed by atoms with Gasteiger partial charge >= 0.3 is 0 Å². The van der Waals surface area contributed by atoms with Gasteiger partial charge in [0.25, 0.3) is 5.91 Å². The number of nitrogens with one attached hydrogen (secondary N) is 1. The van der Waals surface area contributed by atoms with E-state index in [4.69, 9.17) is 10.5 Å². The summed E-state index contributed by atoms with van der Waals surface area (Å²) in [6, 6.07) is 12.3. The highest BCUT2D eigenvalue weighted by Gasteiger charge is 2.12. The molecule has 0 radical (unpaired) electrons. The molecule has 0 saturated carbocycles. The third kappa shape index (κ3) is 3.89. The molecule has 4 N–H and O–H groups in total. The van der Waals surface area contributed by atoms with Crippen LogP contribution in [0.4, 0.5) is 5.69 Å². The molecule has 2 aromatic carbocycles. The Morgan fingerprint density at radius 2 is 2.05 bits per heavy atom. The molecule has 2 rings (SSSR count). The Balaban J connectivity index is 1.83. The smallest absolute Gasteiger partial charge is 0.255 e. The van der Waals surface area contributed by atoms with Crippen molar-refractivity contribution in [1.82, 2.24) is 5.32 Å². The van der Waals surface area contributed by atoms with Gasteiger partial charge in [-0.3, -0.25) is 4.79 Å². The van der Waals surface area contributed by atoms with E-state index in [-0.39, 0.29) is 22.9 Å². The lowest BCUT2D eigenvalue weighted by Crippen LogP contribution is -2.28. The van der Waals surface area contributed by atoms with Gasteiger partial charge < -0.3 is 20.9 Å². The third-order valence-corrected chi connectivity index (χ3v) is 2.96. The summed E-state index contributed by atoms with van der Waals surface area (Å²) in [4.78, 5) is 11.9. The largest absolute Gasteiger partial charge is 0.505 e. The Morgan fingerprint density at radius 1 is 1.29 bits per heavy atom. The van der Waals surface area contributed by atoms with E-state index in [1.807, 2.05) is 31.2 Å². The first-order valence-corrected chi connectivity index (χ1v) is 6.63. The van der Waals surface area contributed by atoms with Crippen molar-refractivity contribution in [1.29, 1.82) is 0 Å². The number of benzene rings is 2. The van der Waals surface area contributed by atoms with Gasteiger partial charge in [0, 0.05) is 0 Å². The molecule has 0 aliphatic rings. The number of nitrogens with two attached hydrogens (primary N) is 1. The Morgan fingerprint density at radius 3 is 2.81 bits per heavy atom. The molecule has 0 unspecified atom stereocenters. The van der Waals surface area contributed by atoms with Gasteiger partial charge in [-0.05, 0) is 36.8 Å². The summed E-state index contributed by atoms with van der Waals surface area (Å²) in [5.41, 5.74) is 7.00. The molecule has 0 atom stereocenters. The molecule has 0 fully saturated rings. The predicted molar refractivity (Wildman–Crippen MR) is 81.5 cm³/mol. The molecule has 5 heteroatoms. The zero-order valence-corrected chi connectivity index (χ0v) is 11.8. The van der Waals surface area contributed by atoms with Crippen molar-refractivity contribution >= 4 is 11.6 Å². The molecular formula is C16H18N2O3. The molecule has 0 spiro atoms. The first-order valence-electron chi connectivity index (χ1n) is 6.63. The van der Waals surface area contributed by atoms with Gasteiger partial charge in [0.15, 0.2) is 5.75 Å². The number of nitrogen functional groups attached to an aromatic ring is 1. The van der Waals surface area contributed by atoms with E-state index in [0.29, 0.717) is 13.2 Å². The highest BCUT2D eigenvalue weighted by molar-refractivity contribution is 5.98. The lowest BCUT2D eigenvalue weighted by atomic mass is 10.1. The number of anilines is 1. The van der Waals surface area contributed by atoms with Crippen molar-refractivity contribution in [3.63, 3.8) is 0 Å². The zero-order chi connectivity index (χ0) is 15.2. The van der Waals surface area contributed by atoms with Gasteiger partial charge in [-0.1, -0.05) is 18.2 Å². The molecule has 21 heavy (non-hydrogen) atoms. The first kappa shape index (κ1) is 14.7. The van der Waals surface area contributed by atoms with Crippen molar-refractivity contribution in [2.24, 2.45) is 0 Å². The van der Waals surface area contributed by atoms with E-state index >= 15 is 0 Å². The number of phenols is 1. The molecule has 0 saturated heterocycles. The van der Waals surface area contributed by atoms with E-state index in [0.717, 1.165) is 11.3 Å². The van der Waals surface area contributed by atoms with Crippen LogP contribution < -0.4 is 15.8 Å². The van der Waals surface area contributed by atoms with Crippen LogP contribution in [0.5, 0.6) is 11.5 Å². The first-order chi connectivity index (χ1) is 10.1. The predicted octanol–water partition coefficient (Wildman–Crippen LogP) is 2.09. The molecule has 0 bridgehead atoms. The SMILES string of the molecule is Cc1cccc(OCCNC(=O)c2cccc(N)c2O)c1. The second kappa shape index (κ2) is 6.65. The Bertz CT molecular complexity index is 641. The molecular weight excluding hydrogens is 268 g/mol. The number of aryl methyl sites for hydroxylation is 1. The van der Waals surface area contributed by atoms with Crippen molar-refractivity contribution in [2.45, 2.75) is 6.92 Å². The van der Waals surface area contributed by atoms with Crippen LogP contribution in [0.2, 0.25) is 0 Å². The van der Waals surface area contributed by atoms with Crippen LogP contribution in [0.1, 0.15) is 15.9 Å². The quantitative estimate of drug-likeness (QED) is 0.446. The molecule has 2 aromatic rings.